The number of benzene rings is 2. The van der Waals surface area contributed by atoms with Gasteiger partial charge in [-0.3, -0.25) is 4.79 Å². The summed E-state index contributed by atoms with van der Waals surface area (Å²) >= 11 is 0. The third kappa shape index (κ3) is 3.38. The maximum absolute atomic E-state index is 13.9. The summed E-state index contributed by atoms with van der Waals surface area (Å²) in [5.41, 5.74) is 5.70. The Balaban J connectivity index is 2.02. The topological polar surface area (TPSA) is 98.3 Å². The van der Waals surface area contributed by atoms with Gasteiger partial charge in [0.2, 0.25) is 5.88 Å². The fourth-order valence-corrected chi connectivity index (χ4v) is 2.26. The molecule has 0 unspecified atom stereocenters. The van der Waals surface area contributed by atoms with Crippen LogP contribution in [0.25, 0.3) is 11.0 Å². The summed E-state index contributed by atoms with van der Waals surface area (Å²) < 4.78 is 32.5. The molecule has 3 aromatic rings. The number of phenols is 1. The third-order valence-corrected chi connectivity index (χ3v) is 3.41. The zero-order valence-corrected chi connectivity index (χ0v) is 12.9. The summed E-state index contributed by atoms with van der Waals surface area (Å²) in [5.74, 6) is -3.72. The van der Waals surface area contributed by atoms with E-state index >= 15 is 0 Å². The molecule has 0 fully saturated rings. The lowest BCUT2D eigenvalue weighted by Crippen LogP contribution is -2.11. The second-order valence-corrected chi connectivity index (χ2v) is 5.17. The van der Waals surface area contributed by atoms with E-state index in [-0.39, 0.29) is 18.1 Å². The van der Waals surface area contributed by atoms with E-state index in [0.717, 1.165) is 6.07 Å². The number of fused-ring (bicyclic) bond motifs is 1. The van der Waals surface area contributed by atoms with Gasteiger partial charge in [-0.2, -0.15) is 0 Å². The summed E-state index contributed by atoms with van der Waals surface area (Å²) in [7, 11) is 0. The summed E-state index contributed by atoms with van der Waals surface area (Å²) in [5, 5.41) is 9.40. The fraction of sp³-hybridized carbons (Fsp3) is 0.118. The van der Waals surface area contributed by atoms with Gasteiger partial charge in [-0.25, -0.2) is 18.7 Å². The average molecular weight is 345 g/mol. The van der Waals surface area contributed by atoms with E-state index < -0.39 is 28.7 Å². The molecule has 8 heteroatoms. The Bertz CT molecular complexity index is 963. The second-order valence-electron chi connectivity index (χ2n) is 5.17. The summed E-state index contributed by atoms with van der Waals surface area (Å²) in [6.45, 7) is 0.563. The second kappa shape index (κ2) is 6.78. The van der Waals surface area contributed by atoms with Crippen molar-refractivity contribution >= 4 is 16.8 Å². The molecule has 0 radical (unpaired) electrons. The lowest BCUT2D eigenvalue weighted by molar-refractivity contribution is 0.103. The minimum absolute atomic E-state index is 0.0710. The maximum Gasteiger partial charge on any atom is 0.232 e. The van der Waals surface area contributed by atoms with Gasteiger partial charge in [-0.1, -0.05) is 0 Å². The summed E-state index contributed by atoms with van der Waals surface area (Å²) in [4.78, 5) is 20.8. The highest BCUT2D eigenvalue weighted by Crippen LogP contribution is 2.23. The maximum atomic E-state index is 13.9. The van der Waals surface area contributed by atoms with Crippen LogP contribution < -0.4 is 10.5 Å². The van der Waals surface area contributed by atoms with E-state index in [1.165, 1.54) is 24.4 Å². The van der Waals surface area contributed by atoms with Crippen molar-refractivity contribution in [2.75, 3.05) is 13.2 Å². The summed E-state index contributed by atoms with van der Waals surface area (Å²) in [6.07, 6.45) is 1.42. The molecule has 2 aromatic carbocycles. The minimum atomic E-state index is -1.32. The van der Waals surface area contributed by atoms with Crippen molar-refractivity contribution in [1.29, 1.82) is 0 Å². The fourth-order valence-electron chi connectivity index (χ4n) is 2.26. The largest absolute Gasteiger partial charge is 0.508 e. The van der Waals surface area contributed by atoms with Crippen molar-refractivity contribution in [3.8, 4) is 11.6 Å². The van der Waals surface area contributed by atoms with Crippen molar-refractivity contribution in [3.63, 3.8) is 0 Å². The van der Waals surface area contributed by atoms with E-state index in [1.807, 2.05) is 0 Å². The number of ether oxygens (including phenoxy) is 1. The van der Waals surface area contributed by atoms with Gasteiger partial charge < -0.3 is 15.6 Å². The van der Waals surface area contributed by atoms with Crippen LogP contribution >= 0.6 is 0 Å². The van der Waals surface area contributed by atoms with Gasteiger partial charge in [-0.15, -0.1) is 0 Å². The highest BCUT2D eigenvalue weighted by atomic mass is 19.2. The number of carbonyl (C=O) groups is 1. The molecule has 3 rings (SSSR count). The van der Waals surface area contributed by atoms with Crippen LogP contribution in [0.3, 0.4) is 0 Å². The Hall–Kier alpha value is -3.13. The number of hydrogen-bond donors (Lipinski definition) is 2. The van der Waals surface area contributed by atoms with Gasteiger partial charge in [0, 0.05) is 18.2 Å². The molecule has 25 heavy (non-hydrogen) atoms. The molecule has 128 valence electrons. The first-order valence-electron chi connectivity index (χ1n) is 7.32. The number of carbonyl (C=O) groups excluding carboxylic acids is 1. The monoisotopic (exact) mass is 345 g/mol. The van der Waals surface area contributed by atoms with Crippen LogP contribution in [0.1, 0.15) is 15.9 Å². The van der Waals surface area contributed by atoms with E-state index in [2.05, 4.69) is 9.97 Å². The number of rotatable bonds is 5. The molecule has 0 amide bonds. The van der Waals surface area contributed by atoms with E-state index in [4.69, 9.17) is 10.5 Å². The molecular formula is C17H13F2N3O3. The van der Waals surface area contributed by atoms with Crippen LogP contribution in [-0.2, 0) is 0 Å². The molecule has 0 spiro atoms. The Labute approximate surface area is 140 Å². The van der Waals surface area contributed by atoms with E-state index in [9.17, 15) is 18.7 Å². The molecule has 0 bridgehead atoms. The van der Waals surface area contributed by atoms with Crippen molar-refractivity contribution in [2.24, 2.45) is 5.73 Å². The zero-order chi connectivity index (χ0) is 18.0. The van der Waals surface area contributed by atoms with Gasteiger partial charge in [0.25, 0.3) is 0 Å². The molecule has 0 atom stereocenters. The first kappa shape index (κ1) is 16.7. The van der Waals surface area contributed by atoms with Crippen LogP contribution in [0.4, 0.5) is 8.78 Å². The molecule has 1 heterocycles. The number of hydrogen-bond acceptors (Lipinski definition) is 6. The molecule has 6 nitrogen and oxygen atoms in total. The molecule has 0 saturated carbocycles. The summed E-state index contributed by atoms with van der Waals surface area (Å²) in [6, 6.07) is 5.80. The van der Waals surface area contributed by atoms with Crippen LogP contribution in [0.5, 0.6) is 11.6 Å². The standard InChI is InChI=1S/C17H13F2N3O3/c18-12-7-10(23)6-11(16(12)19)17(24)9-1-2-13-14(5-9)22-15(8-21-13)25-4-3-20/h1-2,5-8,23H,3-4,20H2. The minimum Gasteiger partial charge on any atom is -0.508 e. The highest BCUT2D eigenvalue weighted by molar-refractivity contribution is 6.10. The van der Waals surface area contributed by atoms with Crippen LogP contribution in [0, 0.1) is 11.6 Å². The molecule has 0 aliphatic carbocycles. The van der Waals surface area contributed by atoms with Crippen molar-refractivity contribution in [3.05, 3.63) is 59.3 Å². The molecule has 0 saturated heterocycles. The van der Waals surface area contributed by atoms with Gasteiger partial charge in [0.05, 0.1) is 22.8 Å². The van der Waals surface area contributed by atoms with Crippen molar-refractivity contribution < 1.29 is 23.4 Å². The highest BCUT2D eigenvalue weighted by Gasteiger charge is 2.19. The first-order chi connectivity index (χ1) is 12.0. The van der Waals surface area contributed by atoms with Gasteiger partial charge in [-0.05, 0) is 24.3 Å². The number of halogens is 2. The molecule has 0 aliphatic rings. The normalized spacial score (nSPS) is 10.8. The van der Waals surface area contributed by atoms with Gasteiger partial charge >= 0.3 is 0 Å². The van der Waals surface area contributed by atoms with Crippen LogP contribution in [0.15, 0.2) is 36.5 Å². The van der Waals surface area contributed by atoms with Crippen LogP contribution in [-0.4, -0.2) is 34.0 Å². The van der Waals surface area contributed by atoms with E-state index in [0.29, 0.717) is 23.6 Å². The molecule has 0 aliphatic heterocycles. The molecule has 3 N–H and O–H groups in total. The number of ketones is 1. The average Bonchev–Trinajstić information content (AvgIpc) is 2.61. The van der Waals surface area contributed by atoms with Gasteiger partial charge in [0.1, 0.15) is 12.4 Å². The quantitative estimate of drug-likeness (QED) is 0.688. The smallest absolute Gasteiger partial charge is 0.232 e. The lowest BCUT2D eigenvalue weighted by atomic mass is 10.0. The Morgan fingerprint density at radius 2 is 2.00 bits per heavy atom. The lowest BCUT2D eigenvalue weighted by Gasteiger charge is -2.07. The Kier molecular flexibility index (Phi) is 4.53. The van der Waals surface area contributed by atoms with Crippen LogP contribution in [0.2, 0.25) is 0 Å². The van der Waals surface area contributed by atoms with Crippen molar-refractivity contribution in [1.82, 2.24) is 9.97 Å². The molecular weight excluding hydrogens is 332 g/mol. The van der Waals surface area contributed by atoms with E-state index in [1.54, 1.807) is 0 Å². The van der Waals surface area contributed by atoms with Gasteiger partial charge in [0.15, 0.2) is 17.4 Å². The number of nitrogens with zero attached hydrogens (tertiary/aromatic N) is 2. The molecule has 1 aromatic heterocycles. The zero-order valence-electron chi connectivity index (χ0n) is 12.9. The Morgan fingerprint density at radius 3 is 2.76 bits per heavy atom. The first-order valence-corrected chi connectivity index (χ1v) is 7.32. The number of phenolic OH excluding ortho intramolecular Hbond substituents is 1. The number of nitrogens with two attached hydrogens (primary N) is 1. The predicted molar refractivity (Wildman–Crippen MR) is 85.5 cm³/mol. The Morgan fingerprint density at radius 1 is 1.20 bits per heavy atom. The SMILES string of the molecule is NCCOc1cnc2ccc(C(=O)c3cc(O)cc(F)c3F)cc2n1. The number of aromatic nitrogens is 2. The predicted octanol–water partition coefficient (Wildman–Crippen LogP) is 2.18. The number of aromatic hydroxyl groups is 1. The van der Waals surface area contributed by atoms with Crippen molar-refractivity contribution in [2.45, 2.75) is 0 Å². The third-order valence-electron chi connectivity index (χ3n) is 3.41.